The molecular formula is C25H19Cl2F10NO2S. The van der Waals surface area contributed by atoms with Gasteiger partial charge in [0.25, 0.3) is 5.91 Å². The Morgan fingerprint density at radius 3 is 2.07 bits per heavy atom. The second-order valence-electron chi connectivity index (χ2n) is 8.63. The zero-order valence-electron chi connectivity index (χ0n) is 20.6. The average Bonchev–Trinajstić information content (AvgIpc) is 2.78. The van der Waals surface area contributed by atoms with Crippen LogP contribution < -0.4 is 5.32 Å². The molecule has 0 aromatic heterocycles. The third kappa shape index (κ3) is 9.83. The van der Waals surface area contributed by atoms with E-state index < -0.39 is 87.2 Å². The minimum Gasteiger partial charge on any atom is -0.616 e. The maximum Gasteiger partial charge on any atom is 0.433 e. The number of allylic oxidation sites excluding steroid dienone is 1. The Morgan fingerprint density at radius 2 is 1.61 bits per heavy atom. The van der Waals surface area contributed by atoms with Crippen molar-refractivity contribution in [2.45, 2.75) is 37.4 Å². The third-order valence-corrected chi connectivity index (χ3v) is 7.46. The van der Waals surface area contributed by atoms with Crippen molar-refractivity contribution >= 4 is 52.2 Å². The van der Waals surface area contributed by atoms with Crippen molar-refractivity contribution in [1.29, 1.82) is 0 Å². The first-order valence-electron chi connectivity index (χ1n) is 11.1. The van der Waals surface area contributed by atoms with E-state index in [2.05, 4.69) is 6.58 Å². The van der Waals surface area contributed by atoms with Gasteiger partial charge < -0.3 is 9.87 Å². The summed E-state index contributed by atoms with van der Waals surface area (Å²) in [5.74, 6) is -8.28. The van der Waals surface area contributed by atoms with Crippen LogP contribution in [0.4, 0.5) is 43.9 Å². The first-order valence-corrected chi connectivity index (χ1v) is 13.4. The Balaban J connectivity index is 2.45. The number of nitrogens with one attached hydrogen (secondary N) is 1. The second kappa shape index (κ2) is 13.3. The van der Waals surface area contributed by atoms with E-state index >= 15 is 4.39 Å². The van der Waals surface area contributed by atoms with E-state index in [4.69, 9.17) is 23.2 Å². The minimum atomic E-state index is -5.30. The molecule has 1 N–H and O–H groups in total. The third-order valence-electron chi connectivity index (χ3n) is 5.31. The van der Waals surface area contributed by atoms with Crippen LogP contribution in [0, 0.1) is 0 Å². The topological polar surface area (TPSA) is 52.2 Å². The fourth-order valence-electron chi connectivity index (χ4n) is 3.59. The lowest BCUT2D eigenvalue weighted by molar-refractivity contribution is -0.140. The van der Waals surface area contributed by atoms with Crippen LogP contribution in [-0.4, -0.2) is 40.4 Å². The van der Waals surface area contributed by atoms with Crippen LogP contribution in [0.3, 0.4) is 0 Å². The Kier molecular flexibility index (Phi) is 11.2. The molecule has 2 aromatic rings. The summed E-state index contributed by atoms with van der Waals surface area (Å²) in [6.07, 6.45) is -14.0. The fourth-order valence-corrected chi connectivity index (χ4v) is 5.37. The van der Waals surface area contributed by atoms with Crippen molar-refractivity contribution in [3.05, 3.63) is 80.8 Å². The summed E-state index contributed by atoms with van der Waals surface area (Å²) in [4.78, 5) is 12.5. The van der Waals surface area contributed by atoms with Gasteiger partial charge in [0.15, 0.2) is 0 Å². The van der Waals surface area contributed by atoms with Crippen LogP contribution in [0.1, 0.15) is 45.5 Å². The molecule has 0 spiro atoms. The number of alkyl halides is 9. The number of hydrogen-bond donors (Lipinski definition) is 1. The molecule has 3 atom stereocenters. The molecule has 2 rings (SSSR count). The van der Waals surface area contributed by atoms with E-state index in [1.54, 1.807) is 0 Å². The number of rotatable bonds is 9. The number of halogens is 12. The summed E-state index contributed by atoms with van der Waals surface area (Å²) in [6.45, 7) is 4.52. The minimum absolute atomic E-state index is 0.0167. The molecule has 0 heterocycles. The van der Waals surface area contributed by atoms with Crippen molar-refractivity contribution in [2.75, 3.05) is 11.5 Å². The van der Waals surface area contributed by atoms with Crippen LogP contribution in [0.5, 0.6) is 0 Å². The zero-order valence-corrected chi connectivity index (χ0v) is 22.9. The zero-order chi connectivity index (χ0) is 31.5. The molecule has 41 heavy (non-hydrogen) atoms. The number of carbonyl (C=O) groups is 1. The summed E-state index contributed by atoms with van der Waals surface area (Å²) in [5, 5.41) is 1.50. The number of carbonyl (C=O) groups excluding carboxylic acids is 1. The largest absolute Gasteiger partial charge is 0.616 e. The van der Waals surface area contributed by atoms with E-state index in [0.717, 1.165) is 19.1 Å². The van der Waals surface area contributed by atoms with Gasteiger partial charge in [0.2, 0.25) is 5.75 Å². The monoisotopic (exact) mass is 657 g/mol. The Morgan fingerprint density at radius 1 is 1.05 bits per heavy atom. The molecule has 0 saturated heterocycles. The summed E-state index contributed by atoms with van der Waals surface area (Å²) in [6, 6.07) is 1.67. The Bertz CT molecular complexity index is 1290. The van der Waals surface area contributed by atoms with Gasteiger partial charge in [-0.25, -0.2) is 4.39 Å². The fraction of sp³-hybridized carbons (Fsp3) is 0.320. The highest BCUT2D eigenvalue weighted by Crippen LogP contribution is 2.42. The van der Waals surface area contributed by atoms with Crippen LogP contribution >= 0.6 is 23.2 Å². The predicted octanol–water partition coefficient (Wildman–Crippen LogP) is 8.74. The van der Waals surface area contributed by atoms with Crippen molar-refractivity contribution in [1.82, 2.24) is 5.32 Å². The van der Waals surface area contributed by atoms with E-state index in [1.807, 2.05) is 5.32 Å². The van der Waals surface area contributed by atoms with Gasteiger partial charge in [-0.2, -0.15) is 39.5 Å². The number of amides is 1. The summed E-state index contributed by atoms with van der Waals surface area (Å²) < 4.78 is 146. The van der Waals surface area contributed by atoms with Crippen molar-refractivity contribution in [3.8, 4) is 0 Å². The lowest BCUT2D eigenvalue weighted by atomic mass is 9.94. The summed E-state index contributed by atoms with van der Waals surface area (Å²) in [5.41, 5.74) is -4.29. The molecule has 0 fully saturated rings. The molecule has 0 aliphatic carbocycles. The number of hydrogen-bond acceptors (Lipinski definition) is 2. The van der Waals surface area contributed by atoms with Gasteiger partial charge in [-0.15, -0.1) is 0 Å². The first kappa shape index (κ1) is 34.8. The molecule has 0 radical (unpaired) electrons. The number of benzene rings is 2. The highest BCUT2D eigenvalue weighted by atomic mass is 35.5. The second-order valence-corrected chi connectivity index (χ2v) is 11.0. The van der Waals surface area contributed by atoms with E-state index in [9.17, 15) is 48.9 Å². The van der Waals surface area contributed by atoms with Gasteiger partial charge in [-0.1, -0.05) is 41.9 Å². The molecule has 0 bridgehead atoms. The van der Waals surface area contributed by atoms with Crippen LogP contribution in [0.15, 0.2) is 43.0 Å². The summed E-state index contributed by atoms with van der Waals surface area (Å²) >= 11 is 9.36. The molecular weight excluding hydrogens is 639 g/mol. The van der Waals surface area contributed by atoms with Gasteiger partial charge in [0.1, 0.15) is 17.5 Å². The van der Waals surface area contributed by atoms with Crippen molar-refractivity contribution < 1.29 is 53.3 Å². The van der Waals surface area contributed by atoms with Gasteiger partial charge in [-0.3, -0.25) is 4.79 Å². The van der Waals surface area contributed by atoms with E-state index in [0.29, 0.717) is 12.1 Å². The maximum atomic E-state index is 15.0. The normalized spacial score (nSPS) is 15.3. The Labute approximate surface area is 240 Å². The lowest BCUT2D eigenvalue weighted by Gasteiger charge is -2.20. The molecule has 3 nitrogen and oxygen atoms in total. The van der Waals surface area contributed by atoms with Gasteiger partial charge in [0.05, 0.1) is 17.2 Å². The van der Waals surface area contributed by atoms with Crippen molar-refractivity contribution in [3.63, 3.8) is 0 Å². The molecule has 2 aromatic carbocycles. The van der Waals surface area contributed by atoms with Crippen LogP contribution in [-0.2, 0) is 17.4 Å². The van der Waals surface area contributed by atoms with Gasteiger partial charge >= 0.3 is 18.5 Å². The smallest absolute Gasteiger partial charge is 0.433 e. The molecule has 16 heteroatoms. The molecule has 2 unspecified atom stereocenters. The molecule has 0 aliphatic heterocycles. The van der Waals surface area contributed by atoms with Gasteiger partial charge in [-0.05, 0) is 54.0 Å². The highest BCUT2D eigenvalue weighted by molar-refractivity contribution is 7.91. The van der Waals surface area contributed by atoms with Crippen LogP contribution in [0.2, 0.25) is 10.0 Å². The SMILES string of the molecule is C=Cc1c(Cl)cc(C(/C=C(\F)c2ccc(C(=O)N[C@H](C)C[S+]([O-])CC(F)(F)F)c(C(F)(F)F)c2)C(F)(F)F)cc1Cl. The molecule has 226 valence electrons. The molecule has 0 aliphatic rings. The van der Waals surface area contributed by atoms with E-state index in [1.165, 1.54) is 6.08 Å². The van der Waals surface area contributed by atoms with Gasteiger partial charge in [0, 0.05) is 21.2 Å². The van der Waals surface area contributed by atoms with Crippen LogP contribution in [0.25, 0.3) is 11.9 Å². The quantitative estimate of drug-likeness (QED) is 0.217. The standard InChI is InChI=1S/C25H19Cl2F10NO2S/c1-3-15-19(26)7-14(8-20(15)27)17(24(32,33)34)9-21(28)13-4-5-16(18(6-13)25(35,36)37)22(39)38-12(2)10-41(40)11-23(29,30)31/h3-9,12,17H,1,10-11H2,2H3,(H,38,39)/b21-9-/t12-,17?,41?/m1/s1. The lowest BCUT2D eigenvalue weighted by Crippen LogP contribution is -2.40. The first-order chi connectivity index (χ1) is 18.6. The molecule has 0 saturated carbocycles. The average molecular weight is 658 g/mol. The van der Waals surface area contributed by atoms with Crippen molar-refractivity contribution in [2.24, 2.45) is 0 Å². The van der Waals surface area contributed by atoms with E-state index in [-0.39, 0.29) is 27.8 Å². The Hall–Kier alpha value is -2.42. The predicted molar refractivity (Wildman–Crippen MR) is 137 cm³/mol. The maximum absolute atomic E-state index is 15.0. The summed E-state index contributed by atoms with van der Waals surface area (Å²) in [7, 11) is 0. The molecule has 1 amide bonds. The highest BCUT2D eigenvalue weighted by Gasteiger charge is 2.41.